The lowest BCUT2D eigenvalue weighted by atomic mass is 10.2. The number of aromatic nitrogens is 2. The summed E-state index contributed by atoms with van der Waals surface area (Å²) in [5, 5.41) is 20.1. The molecule has 0 saturated carbocycles. The molecule has 0 radical (unpaired) electrons. The predicted molar refractivity (Wildman–Crippen MR) is 90.6 cm³/mol. The van der Waals surface area contributed by atoms with Crippen molar-refractivity contribution in [3.8, 4) is 17.2 Å². The summed E-state index contributed by atoms with van der Waals surface area (Å²) in [5.41, 5.74) is 1.76. The molecule has 0 aliphatic rings. The Bertz CT molecular complexity index is 798. The number of halogens is 1. The van der Waals surface area contributed by atoms with Crippen LogP contribution in [0.15, 0.2) is 47.0 Å². The van der Waals surface area contributed by atoms with Gasteiger partial charge in [-0.15, -0.1) is 0 Å². The smallest absolute Gasteiger partial charge is 0.152 e. The van der Waals surface area contributed by atoms with Crippen LogP contribution in [-0.2, 0) is 6.54 Å². The van der Waals surface area contributed by atoms with E-state index >= 15 is 0 Å². The normalized spacial score (nSPS) is 12.3. The monoisotopic (exact) mass is 345 g/mol. The molecule has 0 aliphatic carbocycles. The maximum atomic E-state index is 12.8. The van der Waals surface area contributed by atoms with Gasteiger partial charge in [-0.3, -0.25) is 5.10 Å². The third-order valence-electron chi connectivity index (χ3n) is 3.66. The van der Waals surface area contributed by atoms with E-state index in [0.29, 0.717) is 18.8 Å². The first kappa shape index (κ1) is 17.2. The lowest BCUT2D eigenvalue weighted by molar-refractivity contribution is 0.106. The minimum atomic E-state index is -0.689. The Morgan fingerprint density at radius 2 is 2.08 bits per heavy atom. The molecule has 25 heavy (non-hydrogen) atoms. The maximum absolute atomic E-state index is 12.8. The standard InChI is InChI=1S/C18H20FN3O3/c1-12-2-7-17(25-12)18-13(9-21-22-18)8-20-10-15(23)11-24-16-5-3-14(19)4-6-16/h2-7,9,15,20,23H,8,10-11H2,1H3,(H,21,22). The number of furan rings is 1. The first-order chi connectivity index (χ1) is 12.1. The van der Waals surface area contributed by atoms with Crippen LogP contribution in [-0.4, -0.2) is 34.6 Å². The second-order valence-electron chi connectivity index (χ2n) is 5.73. The summed E-state index contributed by atoms with van der Waals surface area (Å²) in [6.45, 7) is 2.88. The van der Waals surface area contributed by atoms with Crippen LogP contribution in [0.2, 0.25) is 0 Å². The molecule has 0 bridgehead atoms. The van der Waals surface area contributed by atoms with Gasteiger partial charge in [-0.2, -0.15) is 5.10 Å². The molecular weight excluding hydrogens is 325 g/mol. The predicted octanol–water partition coefficient (Wildman–Crippen LogP) is 2.65. The fourth-order valence-corrected chi connectivity index (χ4v) is 2.38. The Kier molecular flexibility index (Phi) is 5.47. The summed E-state index contributed by atoms with van der Waals surface area (Å²) in [7, 11) is 0. The quantitative estimate of drug-likeness (QED) is 0.585. The van der Waals surface area contributed by atoms with E-state index in [1.165, 1.54) is 24.3 Å². The van der Waals surface area contributed by atoms with Gasteiger partial charge in [0, 0.05) is 18.7 Å². The molecule has 1 aromatic carbocycles. The zero-order chi connectivity index (χ0) is 17.6. The van der Waals surface area contributed by atoms with Crippen LogP contribution in [0.3, 0.4) is 0 Å². The number of aryl methyl sites for hydroxylation is 1. The second kappa shape index (κ2) is 7.96. The number of benzene rings is 1. The van der Waals surface area contributed by atoms with E-state index in [4.69, 9.17) is 9.15 Å². The number of rotatable bonds is 8. The van der Waals surface area contributed by atoms with Crippen molar-refractivity contribution in [1.82, 2.24) is 15.5 Å². The summed E-state index contributed by atoms with van der Waals surface area (Å²) in [6.07, 6.45) is 1.04. The highest BCUT2D eigenvalue weighted by molar-refractivity contribution is 5.56. The van der Waals surface area contributed by atoms with Crippen LogP contribution in [0.1, 0.15) is 11.3 Å². The van der Waals surface area contributed by atoms with Gasteiger partial charge in [-0.1, -0.05) is 0 Å². The van der Waals surface area contributed by atoms with E-state index in [9.17, 15) is 9.50 Å². The van der Waals surface area contributed by atoms with Crippen LogP contribution in [0.4, 0.5) is 4.39 Å². The highest BCUT2D eigenvalue weighted by atomic mass is 19.1. The van der Waals surface area contributed by atoms with Crippen molar-refractivity contribution < 1.29 is 18.7 Å². The van der Waals surface area contributed by atoms with Gasteiger partial charge in [0.25, 0.3) is 0 Å². The molecule has 6 nitrogen and oxygen atoms in total. The van der Waals surface area contributed by atoms with E-state index < -0.39 is 6.10 Å². The topological polar surface area (TPSA) is 83.3 Å². The number of aromatic amines is 1. The minimum Gasteiger partial charge on any atom is -0.491 e. The van der Waals surface area contributed by atoms with Gasteiger partial charge < -0.3 is 19.6 Å². The van der Waals surface area contributed by atoms with Crippen molar-refractivity contribution in [1.29, 1.82) is 0 Å². The molecule has 2 aromatic heterocycles. The number of H-pyrrole nitrogens is 1. The van der Waals surface area contributed by atoms with Gasteiger partial charge in [0.2, 0.25) is 0 Å². The Labute approximate surface area is 144 Å². The average Bonchev–Trinajstić information content (AvgIpc) is 3.23. The van der Waals surface area contributed by atoms with E-state index in [0.717, 1.165) is 22.8 Å². The van der Waals surface area contributed by atoms with Gasteiger partial charge in [0.1, 0.15) is 35.7 Å². The molecule has 1 unspecified atom stereocenters. The van der Waals surface area contributed by atoms with E-state index in [1.54, 1.807) is 6.20 Å². The van der Waals surface area contributed by atoms with Gasteiger partial charge in [-0.25, -0.2) is 4.39 Å². The largest absolute Gasteiger partial charge is 0.491 e. The van der Waals surface area contributed by atoms with Crippen molar-refractivity contribution in [2.24, 2.45) is 0 Å². The minimum absolute atomic E-state index is 0.119. The molecular formula is C18H20FN3O3. The lowest BCUT2D eigenvalue weighted by Gasteiger charge is -2.13. The first-order valence-electron chi connectivity index (χ1n) is 7.98. The highest BCUT2D eigenvalue weighted by Crippen LogP contribution is 2.23. The molecule has 0 fully saturated rings. The number of ether oxygens (including phenoxy) is 1. The summed E-state index contributed by atoms with van der Waals surface area (Å²) in [6, 6.07) is 9.46. The molecule has 2 heterocycles. The Balaban J connectivity index is 1.45. The van der Waals surface area contributed by atoms with Gasteiger partial charge in [0.15, 0.2) is 5.76 Å². The number of aliphatic hydroxyl groups is 1. The molecule has 0 aliphatic heterocycles. The maximum Gasteiger partial charge on any atom is 0.152 e. The third-order valence-corrected chi connectivity index (χ3v) is 3.66. The number of hydrogen-bond donors (Lipinski definition) is 3. The van der Waals surface area contributed by atoms with Gasteiger partial charge in [-0.05, 0) is 43.3 Å². The van der Waals surface area contributed by atoms with Crippen molar-refractivity contribution in [3.63, 3.8) is 0 Å². The van der Waals surface area contributed by atoms with Crippen LogP contribution in [0, 0.1) is 12.7 Å². The van der Waals surface area contributed by atoms with Crippen LogP contribution in [0.5, 0.6) is 5.75 Å². The molecule has 3 N–H and O–H groups in total. The first-order valence-corrected chi connectivity index (χ1v) is 7.98. The van der Waals surface area contributed by atoms with Crippen molar-refractivity contribution >= 4 is 0 Å². The Morgan fingerprint density at radius 1 is 1.28 bits per heavy atom. The molecule has 3 aromatic rings. The molecule has 3 rings (SSSR count). The zero-order valence-corrected chi connectivity index (χ0v) is 13.8. The van der Waals surface area contributed by atoms with Crippen molar-refractivity contribution in [2.45, 2.75) is 19.6 Å². The summed E-state index contributed by atoms with van der Waals surface area (Å²) in [4.78, 5) is 0. The van der Waals surface area contributed by atoms with Gasteiger partial charge in [0.05, 0.1) is 6.20 Å². The fraction of sp³-hybridized carbons (Fsp3) is 0.278. The molecule has 1 atom stereocenters. The fourth-order valence-electron chi connectivity index (χ4n) is 2.38. The summed E-state index contributed by atoms with van der Waals surface area (Å²) in [5.74, 6) is 1.76. The molecule has 132 valence electrons. The molecule has 0 saturated heterocycles. The van der Waals surface area contributed by atoms with Crippen molar-refractivity contribution in [2.75, 3.05) is 13.2 Å². The average molecular weight is 345 g/mol. The van der Waals surface area contributed by atoms with Crippen molar-refractivity contribution in [3.05, 3.63) is 59.7 Å². The van der Waals surface area contributed by atoms with E-state index in [2.05, 4.69) is 15.5 Å². The van der Waals surface area contributed by atoms with E-state index in [-0.39, 0.29) is 12.4 Å². The number of nitrogens with zero attached hydrogens (tertiary/aromatic N) is 1. The molecule has 0 amide bonds. The lowest BCUT2D eigenvalue weighted by Crippen LogP contribution is -2.31. The third kappa shape index (κ3) is 4.68. The zero-order valence-electron chi connectivity index (χ0n) is 13.8. The van der Waals surface area contributed by atoms with Crippen LogP contribution >= 0.6 is 0 Å². The Morgan fingerprint density at radius 3 is 2.80 bits per heavy atom. The van der Waals surface area contributed by atoms with E-state index in [1.807, 2.05) is 19.1 Å². The summed E-state index contributed by atoms with van der Waals surface area (Å²) >= 11 is 0. The molecule has 7 heteroatoms. The summed E-state index contributed by atoms with van der Waals surface area (Å²) < 4.78 is 23.8. The molecule has 0 spiro atoms. The SMILES string of the molecule is Cc1ccc(-c2[nH]ncc2CNCC(O)COc2ccc(F)cc2)o1. The highest BCUT2D eigenvalue weighted by Gasteiger charge is 2.12. The van der Waals surface area contributed by atoms with Gasteiger partial charge >= 0.3 is 0 Å². The number of nitrogens with one attached hydrogen (secondary N) is 2. The van der Waals surface area contributed by atoms with Crippen LogP contribution in [0.25, 0.3) is 11.5 Å². The van der Waals surface area contributed by atoms with Crippen LogP contribution < -0.4 is 10.1 Å². The number of aliphatic hydroxyl groups excluding tert-OH is 1. The second-order valence-corrected chi connectivity index (χ2v) is 5.73. The number of hydrogen-bond acceptors (Lipinski definition) is 5. The Hall–Kier alpha value is -2.64.